The number of benzene rings is 1. The largest absolute Gasteiger partial charge is 0.328 e. The van der Waals surface area contributed by atoms with Crippen LogP contribution in [0.5, 0.6) is 0 Å². The van der Waals surface area contributed by atoms with E-state index >= 15 is 0 Å². The Balaban J connectivity index is 2.41. The number of hydrazine groups is 1. The molecule has 19 heavy (non-hydrogen) atoms. The van der Waals surface area contributed by atoms with Crippen LogP contribution in [0.2, 0.25) is 0 Å². The fourth-order valence-electron chi connectivity index (χ4n) is 1.71. The number of H-pyrrole nitrogens is 1. The maximum absolute atomic E-state index is 11.6. The Morgan fingerprint density at radius 2 is 2.00 bits per heavy atom. The Morgan fingerprint density at radius 1 is 1.26 bits per heavy atom. The fourth-order valence-corrected chi connectivity index (χ4v) is 1.71. The number of nitrogen functional groups attached to an aromatic ring is 1. The van der Waals surface area contributed by atoms with E-state index in [0.717, 1.165) is 0 Å². The molecule has 0 fully saturated rings. The Hall–Kier alpha value is -2.67. The van der Waals surface area contributed by atoms with Gasteiger partial charge in [0.05, 0.1) is 6.54 Å². The van der Waals surface area contributed by atoms with Gasteiger partial charge in [-0.1, -0.05) is 18.2 Å². The minimum absolute atomic E-state index is 0.166. The molecule has 0 aliphatic carbocycles. The molecule has 1 aromatic carbocycles. The lowest BCUT2D eigenvalue weighted by molar-refractivity contribution is 0.0952. The van der Waals surface area contributed by atoms with Gasteiger partial charge in [0, 0.05) is 17.8 Å². The SMILES string of the molecule is NNC(=O)c1ccccc1Cn1ccc(=O)[nH]c1=O. The van der Waals surface area contributed by atoms with Crippen LogP contribution in [0, 0.1) is 0 Å². The van der Waals surface area contributed by atoms with E-state index in [1.165, 1.54) is 16.8 Å². The minimum Gasteiger partial charge on any atom is -0.296 e. The van der Waals surface area contributed by atoms with Gasteiger partial charge in [-0.05, 0) is 11.6 Å². The average molecular weight is 260 g/mol. The Morgan fingerprint density at radius 3 is 2.68 bits per heavy atom. The summed E-state index contributed by atoms with van der Waals surface area (Å²) >= 11 is 0. The van der Waals surface area contributed by atoms with Crippen molar-refractivity contribution in [2.45, 2.75) is 6.54 Å². The van der Waals surface area contributed by atoms with Crippen molar-refractivity contribution in [1.29, 1.82) is 0 Å². The first-order chi connectivity index (χ1) is 9.11. The van der Waals surface area contributed by atoms with E-state index in [9.17, 15) is 14.4 Å². The number of aromatic amines is 1. The number of rotatable bonds is 3. The zero-order chi connectivity index (χ0) is 13.8. The molecule has 1 heterocycles. The van der Waals surface area contributed by atoms with Crippen molar-refractivity contribution >= 4 is 5.91 Å². The Labute approximate surface area is 107 Å². The number of nitrogens with one attached hydrogen (secondary N) is 2. The lowest BCUT2D eigenvalue weighted by Gasteiger charge is -2.09. The zero-order valence-electron chi connectivity index (χ0n) is 9.92. The second kappa shape index (κ2) is 5.32. The van der Waals surface area contributed by atoms with Gasteiger partial charge in [0.1, 0.15) is 0 Å². The van der Waals surface area contributed by atoms with Gasteiger partial charge in [0.15, 0.2) is 0 Å². The van der Waals surface area contributed by atoms with E-state index in [1.54, 1.807) is 24.3 Å². The van der Waals surface area contributed by atoms with Gasteiger partial charge >= 0.3 is 5.69 Å². The number of carbonyl (C=O) groups excluding carboxylic acids is 1. The molecule has 0 spiro atoms. The molecular weight excluding hydrogens is 248 g/mol. The maximum atomic E-state index is 11.6. The average Bonchev–Trinajstić information content (AvgIpc) is 2.41. The molecule has 0 atom stereocenters. The third-order valence-corrected chi connectivity index (χ3v) is 2.63. The monoisotopic (exact) mass is 260 g/mol. The highest BCUT2D eigenvalue weighted by molar-refractivity contribution is 5.95. The first kappa shape index (κ1) is 12.8. The molecule has 0 saturated carbocycles. The molecule has 98 valence electrons. The molecule has 2 aromatic rings. The van der Waals surface area contributed by atoms with Gasteiger partial charge in [0.2, 0.25) is 0 Å². The third kappa shape index (κ3) is 2.78. The van der Waals surface area contributed by atoms with Gasteiger partial charge in [0.25, 0.3) is 11.5 Å². The van der Waals surface area contributed by atoms with Crippen molar-refractivity contribution in [2.24, 2.45) is 5.84 Å². The van der Waals surface area contributed by atoms with Crippen LogP contribution >= 0.6 is 0 Å². The summed E-state index contributed by atoms with van der Waals surface area (Å²) in [4.78, 5) is 36.3. The van der Waals surface area contributed by atoms with Crippen molar-refractivity contribution in [3.05, 3.63) is 68.5 Å². The zero-order valence-corrected chi connectivity index (χ0v) is 9.92. The van der Waals surface area contributed by atoms with Gasteiger partial charge < -0.3 is 0 Å². The molecule has 1 amide bonds. The van der Waals surface area contributed by atoms with Crippen molar-refractivity contribution in [1.82, 2.24) is 15.0 Å². The Kier molecular flexibility index (Phi) is 3.58. The number of hydrogen-bond donors (Lipinski definition) is 3. The van der Waals surface area contributed by atoms with Crippen molar-refractivity contribution in [3.8, 4) is 0 Å². The van der Waals surface area contributed by atoms with Gasteiger partial charge in [-0.3, -0.25) is 24.6 Å². The van der Waals surface area contributed by atoms with Crippen molar-refractivity contribution in [3.63, 3.8) is 0 Å². The summed E-state index contributed by atoms with van der Waals surface area (Å²) in [6.07, 6.45) is 1.37. The molecule has 2 rings (SSSR count). The number of hydrogen-bond acceptors (Lipinski definition) is 4. The molecule has 0 aliphatic heterocycles. The Bertz CT molecular complexity index is 717. The van der Waals surface area contributed by atoms with Crippen LogP contribution in [0.4, 0.5) is 0 Å². The summed E-state index contributed by atoms with van der Waals surface area (Å²) in [6, 6.07) is 8.01. The fraction of sp³-hybridized carbons (Fsp3) is 0.0833. The van der Waals surface area contributed by atoms with E-state index in [1.807, 2.05) is 5.43 Å². The lowest BCUT2D eigenvalue weighted by atomic mass is 10.1. The molecule has 0 radical (unpaired) electrons. The first-order valence-electron chi connectivity index (χ1n) is 5.50. The van der Waals surface area contributed by atoms with Crippen LogP contribution in [-0.2, 0) is 6.54 Å². The molecule has 0 aliphatic rings. The summed E-state index contributed by atoms with van der Waals surface area (Å²) in [7, 11) is 0. The molecule has 4 N–H and O–H groups in total. The maximum Gasteiger partial charge on any atom is 0.328 e. The molecule has 7 nitrogen and oxygen atoms in total. The normalized spacial score (nSPS) is 10.2. The van der Waals surface area contributed by atoms with E-state index in [-0.39, 0.29) is 6.54 Å². The van der Waals surface area contributed by atoms with E-state index in [2.05, 4.69) is 4.98 Å². The number of carbonyl (C=O) groups is 1. The van der Waals surface area contributed by atoms with Crippen molar-refractivity contribution in [2.75, 3.05) is 0 Å². The topological polar surface area (TPSA) is 110 Å². The van der Waals surface area contributed by atoms with Crippen LogP contribution in [-0.4, -0.2) is 15.5 Å². The van der Waals surface area contributed by atoms with Crippen LogP contribution in [0.1, 0.15) is 15.9 Å². The molecule has 0 bridgehead atoms. The van der Waals surface area contributed by atoms with E-state index < -0.39 is 17.2 Å². The molecule has 0 saturated heterocycles. The smallest absolute Gasteiger partial charge is 0.296 e. The van der Waals surface area contributed by atoms with Crippen LogP contribution in [0.25, 0.3) is 0 Å². The van der Waals surface area contributed by atoms with Crippen LogP contribution in [0.3, 0.4) is 0 Å². The third-order valence-electron chi connectivity index (χ3n) is 2.63. The second-order valence-electron chi connectivity index (χ2n) is 3.87. The summed E-state index contributed by atoms with van der Waals surface area (Å²) in [6.45, 7) is 0.166. The van der Waals surface area contributed by atoms with Gasteiger partial charge in [-0.2, -0.15) is 0 Å². The molecule has 0 unspecified atom stereocenters. The summed E-state index contributed by atoms with van der Waals surface area (Å²) in [5.74, 6) is 4.66. The second-order valence-corrected chi connectivity index (χ2v) is 3.87. The van der Waals surface area contributed by atoms with E-state index in [0.29, 0.717) is 11.1 Å². The molecular formula is C12H12N4O3. The quantitative estimate of drug-likeness (QED) is 0.381. The standard InChI is InChI=1S/C12H12N4O3/c13-15-11(18)9-4-2-1-3-8(9)7-16-6-5-10(17)14-12(16)19/h1-6H,7,13H2,(H,15,18)(H,14,17,19). The first-order valence-corrected chi connectivity index (χ1v) is 5.50. The highest BCUT2D eigenvalue weighted by atomic mass is 16.2. The lowest BCUT2D eigenvalue weighted by Crippen LogP contribution is -2.32. The van der Waals surface area contributed by atoms with Crippen molar-refractivity contribution < 1.29 is 4.79 Å². The summed E-state index contributed by atoms with van der Waals surface area (Å²) in [5.41, 5.74) is 2.05. The van der Waals surface area contributed by atoms with E-state index in [4.69, 9.17) is 5.84 Å². The van der Waals surface area contributed by atoms with Gasteiger partial charge in [-0.25, -0.2) is 10.6 Å². The predicted octanol–water partition coefficient (Wildman–Crippen LogP) is -0.812. The number of nitrogens with two attached hydrogens (primary N) is 1. The number of nitrogens with zero attached hydrogens (tertiary/aromatic N) is 1. The summed E-state index contributed by atoms with van der Waals surface area (Å²) < 4.78 is 1.30. The number of aromatic nitrogens is 2. The molecule has 7 heteroatoms. The predicted molar refractivity (Wildman–Crippen MR) is 68.5 cm³/mol. The minimum atomic E-state index is -0.532. The van der Waals surface area contributed by atoms with Crippen LogP contribution in [0.15, 0.2) is 46.1 Å². The molecule has 1 aromatic heterocycles. The van der Waals surface area contributed by atoms with Crippen LogP contribution < -0.4 is 22.5 Å². The number of amides is 1. The highest BCUT2D eigenvalue weighted by Crippen LogP contribution is 2.09. The highest BCUT2D eigenvalue weighted by Gasteiger charge is 2.10. The summed E-state index contributed by atoms with van der Waals surface area (Å²) in [5, 5.41) is 0. The van der Waals surface area contributed by atoms with Gasteiger partial charge in [-0.15, -0.1) is 0 Å².